The van der Waals surface area contributed by atoms with Crippen molar-refractivity contribution in [3.63, 3.8) is 0 Å². The zero-order chi connectivity index (χ0) is 20.8. The molecule has 1 heterocycles. The van der Waals surface area contributed by atoms with Crippen LogP contribution in [0.5, 0.6) is 5.75 Å². The number of thiophene rings is 1. The first kappa shape index (κ1) is 20.6. The third kappa shape index (κ3) is 5.04. The lowest BCUT2D eigenvalue weighted by Gasteiger charge is -2.21. The number of fused-ring (bicyclic) bond motifs is 1. The van der Waals surface area contributed by atoms with E-state index < -0.39 is 0 Å². The quantitative estimate of drug-likeness (QED) is 0.572. The van der Waals surface area contributed by atoms with E-state index in [0.717, 1.165) is 16.0 Å². The fourth-order valence-electron chi connectivity index (χ4n) is 3.32. The van der Waals surface area contributed by atoms with E-state index in [9.17, 15) is 14.9 Å². The van der Waals surface area contributed by atoms with Crippen LogP contribution >= 0.6 is 11.3 Å². The van der Waals surface area contributed by atoms with E-state index in [1.807, 2.05) is 31.2 Å². The molecule has 1 aliphatic carbocycles. The van der Waals surface area contributed by atoms with Gasteiger partial charge in [-0.2, -0.15) is 5.26 Å². The normalized spacial score (nSPS) is 15.4. The maximum absolute atomic E-state index is 12.4. The highest BCUT2D eigenvalue weighted by Gasteiger charge is 2.27. The zero-order valence-corrected chi connectivity index (χ0v) is 17.2. The number of esters is 1. The first-order chi connectivity index (χ1) is 14.0. The molecule has 0 saturated carbocycles. The summed E-state index contributed by atoms with van der Waals surface area (Å²) in [7, 11) is 0. The van der Waals surface area contributed by atoms with Crippen LogP contribution in [0.2, 0.25) is 0 Å². The number of benzene rings is 1. The summed E-state index contributed by atoms with van der Waals surface area (Å²) in [5.74, 6) is 0.0873. The number of nitriles is 1. The number of hydrogen-bond donors (Lipinski definition) is 1. The third-order valence-electron chi connectivity index (χ3n) is 4.53. The van der Waals surface area contributed by atoms with Gasteiger partial charge in [-0.1, -0.05) is 18.2 Å². The minimum Gasteiger partial charge on any atom is -0.493 e. The second-order valence-corrected chi connectivity index (χ2v) is 7.69. The summed E-state index contributed by atoms with van der Waals surface area (Å²) in [6.07, 6.45) is 4.85. The second kappa shape index (κ2) is 9.39. The number of rotatable bonds is 6. The Morgan fingerprint density at radius 2 is 2.17 bits per heavy atom. The van der Waals surface area contributed by atoms with Crippen molar-refractivity contribution in [3.8, 4) is 11.8 Å². The van der Waals surface area contributed by atoms with E-state index in [1.54, 1.807) is 6.08 Å². The number of ether oxygens (including phenoxy) is 2. The molecule has 0 saturated heterocycles. The molecule has 7 heteroatoms. The maximum atomic E-state index is 12.4. The van der Waals surface area contributed by atoms with Gasteiger partial charge in [0, 0.05) is 29.9 Å². The number of anilines is 1. The molecule has 1 amide bonds. The van der Waals surface area contributed by atoms with Crippen LogP contribution < -0.4 is 10.1 Å². The van der Waals surface area contributed by atoms with Crippen molar-refractivity contribution in [3.05, 3.63) is 51.9 Å². The molecule has 0 spiro atoms. The van der Waals surface area contributed by atoms with Crippen molar-refractivity contribution < 1.29 is 19.1 Å². The van der Waals surface area contributed by atoms with E-state index in [2.05, 4.69) is 11.4 Å². The van der Waals surface area contributed by atoms with Gasteiger partial charge in [-0.05, 0) is 37.5 Å². The van der Waals surface area contributed by atoms with Crippen molar-refractivity contribution in [1.29, 1.82) is 5.26 Å². The van der Waals surface area contributed by atoms with E-state index >= 15 is 0 Å². The molecule has 6 nitrogen and oxygen atoms in total. The minimum atomic E-state index is -0.317. The first-order valence-electron chi connectivity index (χ1n) is 9.44. The van der Waals surface area contributed by atoms with E-state index in [-0.39, 0.29) is 18.0 Å². The van der Waals surface area contributed by atoms with Crippen LogP contribution in [0.4, 0.5) is 5.00 Å². The van der Waals surface area contributed by atoms with Crippen LogP contribution in [-0.2, 0) is 27.2 Å². The van der Waals surface area contributed by atoms with Crippen LogP contribution in [0, 0.1) is 11.3 Å². The average Bonchev–Trinajstić information content (AvgIpc) is 3.03. The number of hydrogen-bond acceptors (Lipinski definition) is 6. The lowest BCUT2D eigenvalue weighted by molar-refractivity contribution is -0.146. The molecule has 3 rings (SSSR count). The zero-order valence-electron chi connectivity index (χ0n) is 16.4. The standard InChI is InChI=1S/C22H22N2O4S/c1-3-27-19-7-5-4-6-15(19)8-11-21(26)24-22-18(13-23)17-10-9-16(28-14(2)25)12-20(17)29-22/h4-8,11,16H,3,9-10,12H2,1-2H3,(H,24,26)/b11-8+. The van der Waals surface area contributed by atoms with Crippen molar-refractivity contribution in [1.82, 2.24) is 0 Å². The second-order valence-electron chi connectivity index (χ2n) is 6.59. The summed E-state index contributed by atoms with van der Waals surface area (Å²) in [6.45, 7) is 3.84. The SMILES string of the molecule is CCOc1ccccc1/C=C/C(=O)Nc1sc2c(c1C#N)CCC(OC(C)=O)C2. The average molecular weight is 410 g/mol. The Bertz CT molecular complexity index is 987. The van der Waals surface area contributed by atoms with Gasteiger partial charge >= 0.3 is 5.97 Å². The molecular weight excluding hydrogens is 388 g/mol. The topological polar surface area (TPSA) is 88.4 Å². The first-order valence-corrected chi connectivity index (χ1v) is 10.3. The van der Waals surface area contributed by atoms with Gasteiger partial charge in [0.15, 0.2) is 0 Å². The molecule has 0 fully saturated rings. The summed E-state index contributed by atoms with van der Waals surface area (Å²) >= 11 is 1.37. The van der Waals surface area contributed by atoms with Crippen molar-refractivity contribution in [2.45, 2.75) is 39.2 Å². The van der Waals surface area contributed by atoms with Gasteiger partial charge in [-0.3, -0.25) is 9.59 Å². The Morgan fingerprint density at radius 3 is 2.90 bits per heavy atom. The van der Waals surface area contributed by atoms with Crippen molar-refractivity contribution in [2.75, 3.05) is 11.9 Å². The number of para-hydroxylation sites is 1. The Balaban J connectivity index is 1.74. The van der Waals surface area contributed by atoms with Gasteiger partial charge in [0.1, 0.15) is 22.9 Å². The summed E-state index contributed by atoms with van der Waals surface area (Å²) in [6, 6.07) is 9.68. The molecule has 1 aromatic heterocycles. The molecule has 2 aromatic rings. The largest absolute Gasteiger partial charge is 0.493 e. The van der Waals surface area contributed by atoms with Crippen LogP contribution in [0.15, 0.2) is 30.3 Å². The van der Waals surface area contributed by atoms with Gasteiger partial charge < -0.3 is 14.8 Å². The minimum absolute atomic E-state index is 0.177. The Labute approximate surface area is 173 Å². The van der Waals surface area contributed by atoms with Gasteiger partial charge in [-0.25, -0.2) is 0 Å². The fraction of sp³-hybridized carbons (Fsp3) is 0.318. The van der Waals surface area contributed by atoms with Gasteiger partial charge in [0.25, 0.3) is 0 Å². The molecule has 29 heavy (non-hydrogen) atoms. The third-order valence-corrected chi connectivity index (χ3v) is 5.70. The smallest absolute Gasteiger partial charge is 0.302 e. The van der Waals surface area contributed by atoms with Crippen molar-refractivity contribution >= 4 is 34.3 Å². The highest BCUT2D eigenvalue weighted by Crippen LogP contribution is 2.38. The predicted molar refractivity (Wildman–Crippen MR) is 112 cm³/mol. The van der Waals surface area contributed by atoms with Gasteiger partial charge in [-0.15, -0.1) is 11.3 Å². The Morgan fingerprint density at radius 1 is 1.38 bits per heavy atom. The number of nitrogens with one attached hydrogen (secondary N) is 1. The van der Waals surface area contributed by atoms with Gasteiger partial charge in [0.05, 0.1) is 12.2 Å². The monoisotopic (exact) mass is 410 g/mol. The van der Waals surface area contributed by atoms with E-state index in [4.69, 9.17) is 9.47 Å². The summed E-state index contributed by atoms with van der Waals surface area (Å²) in [5, 5.41) is 12.9. The molecular formula is C22H22N2O4S. The van der Waals surface area contributed by atoms with E-state index in [0.29, 0.717) is 42.2 Å². The predicted octanol–water partition coefficient (Wildman–Crippen LogP) is 4.09. The molecule has 0 bridgehead atoms. The highest BCUT2D eigenvalue weighted by atomic mass is 32.1. The molecule has 0 radical (unpaired) electrons. The van der Waals surface area contributed by atoms with Crippen LogP contribution in [0.3, 0.4) is 0 Å². The molecule has 0 aliphatic heterocycles. The highest BCUT2D eigenvalue weighted by molar-refractivity contribution is 7.16. The molecule has 1 N–H and O–H groups in total. The molecule has 1 atom stereocenters. The Hall–Kier alpha value is -3.11. The molecule has 1 unspecified atom stereocenters. The number of amides is 1. The lowest BCUT2D eigenvalue weighted by atomic mass is 9.94. The summed E-state index contributed by atoms with van der Waals surface area (Å²) < 4.78 is 10.9. The number of carbonyl (C=O) groups is 2. The Kier molecular flexibility index (Phi) is 6.68. The summed E-state index contributed by atoms with van der Waals surface area (Å²) in [4.78, 5) is 24.6. The summed E-state index contributed by atoms with van der Waals surface area (Å²) in [5.41, 5.74) is 2.25. The number of carbonyl (C=O) groups excluding carboxylic acids is 2. The van der Waals surface area contributed by atoms with Crippen LogP contribution in [0.25, 0.3) is 6.08 Å². The lowest BCUT2D eigenvalue weighted by Crippen LogP contribution is -2.23. The molecule has 1 aromatic carbocycles. The fourth-order valence-corrected chi connectivity index (χ4v) is 4.59. The van der Waals surface area contributed by atoms with Gasteiger partial charge in [0.2, 0.25) is 5.91 Å². The number of nitrogens with zero attached hydrogens (tertiary/aromatic N) is 1. The maximum Gasteiger partial charge on any atom is 0.302 e. The van der Waals surface area contributed by atoms with E-state index in [1.165, 1.54) is 24.3 Å². The molecule has 1 aliphatic rings. The molecule has 150 valence electrons. The van der Waals surface area contributed by atoms with Crippen LogP contribution in [-0.4, -0.2) is 24.6 Å². The van der Waals surface area contributed by atoms with Crippen LogP contribution in [0.1, 0.15) is 41.8 Å². The van der Waals surface area contributed by atoms with Crippen molar-refractivity contribution in [2.24, 2.45) is 0 Å².